The van der Waals surface area contributed by atoms with Crippen LogP contribution in [0, 0.1) is 6.92 Å². The molecule has 0 aromatic carbocycles. The van der Waals surface area contributed by atoms with E-state index in [9.17, 15) is 4.79 Å². The zero-order valence-corrected chi connectivity index (χ0v) is 12.2. The van der Waals surface area contributed by atoms with E-state index in [1.807, 2.05) is 30.0 Å². The van der Waals surface area contributed by atoms with Crippen molar-refractivity contribution in [3.63, 3.8) is 0 Å². The standard InChI is InChI=1S/C12H18ClN5O/c1-4-14-10(19)7-17-9(6-13)15-11-8(3)16-18(5-2)12(11)17/h4-7H2,1-3H3,(H,14,19). The zero-order chi connectivity index (χ0) is 14.0. The van der Waals surface area contributed by atoms with Gasteiger partial charge in [-0.2, -0.15) is 5.10 Å². The fourth-order valence-electron chi connectivity index (χ4n) is 2.15. The van der Waals surface area contributed by atoms with Crippen molar-refractivity contribution in [3.8, 4) is 0 Å². The number of nitrogens with zero attached hydrogens (tertiary/aromatic N) is 4. The Bertz CT molecular complexity index is 601. The number of amides is 1. The van der Waals surface area contributed by atoms with Crippen LogP contribution in [0.4, 0.5) is 0 Å². The van der Waals surface area contributed by atoms with Gasteiger partial charge in [-0.3, -0.25) is 4.79 Å². The number of fused-ring (bicyclic) bond motifs is 1. The Labute approximate surface area is 116 Å². The van der Waals surface area contributed by atoms with Gasteiger partial charge in [-0.1, -0.05) is 0 Å². The second-order valence-corrected chi connectivity index (χ2v) is 4.54. The van der Waals surface area contributed by atoms with Crippen LogP contribution in [0.2, 0.25) is 0 Å². The molecule has 0 spiro atoms. The zero-order valence-electron chi connectivity index (χ0n) is 11.4. The number of carbonyl (C=O) groups is 1. The number of hydrogen-bond acceptors (Lipinski definition) is 3. The van der Waals surface area contributed by atoms with E-state index in [1.165, 1.54) is 0 Å². The van der Waals surface area contributed by atoms with E-state index in [2.05, 4.69) is 15.4 Å². The Hall–Kier alpha value is -1.56. The normalized spacial score (nSPS) is 11.2. The molecule has 0 saturated heterocycles. The van der Waals surface area contributed by atoms with E-state index >= 15 is 0 Å². The van der Waals surface area contributed by atoms with E-state index in [1.54, 1.807) is 0 Å². The minimum atomic E-state index is -0.0466. The van der Waals surface area contributed by atoms with Crippen LogP contribution in [0.25, 0.3) is 11.2 Å². The lowest BCUT2D eigenvalue weighted by Gasteiger charge is -2.08. The largest absolute Gasteiger partial charge is 0.355 e. The van der Waals surface area contributed by atoms with E-state index in [0.717, 1.165) is 23.4 Å². The fourth-order valence-corrected chi connectivity index (χ4v) is 2.36. The molecule has 19 heavy (non-hydrogen) atoms. The first-order valence-electron chi connectivity index (χ1n) is 6.37. The van der Waals surface area contributed by atoms with E-state index < -0.39 is 0 Å². The molecular weight excluding hydrogens is 266 g/mol. The second kappa shape index (κ2) is 5.61. The molecule has 0 aliphatic rings. The summed E-state index contributed by atoms with van der Waals surface area (Å²) in [5.74, 6) is 0.928. The smallest absolute Gasteiger partial charge is 0.240 e. The van der Waals surface area contributed by atoms with Crippen molar-refractivity contribution in [1.29, 1.82) is 0 Å². The monoisotopic (exact) mass is 283 g/mol. The second-order valence-electron chi connectivity index (χ2n) is 4.27. The van der Waals surface area contributed by atoms with Crippen LogP contribution < -0.4 is 5.32 Å². The van der Waals surface area contributed by atoms with Crippen LogP contribution in [-0.2, 0) is 23.8 Å². The molecule has 0 aliphatic heterocycles. The third-order valence-electron chi connectivity index (χ3n) is 2.97. The molecule has 0 bridgehead atoms. The summed E-state index contributed by atoms with van der Waals surface area (Å²) >= 11 is 5.92. The molecule has 0 unspecified atom stereocenters. The maximum Gasteiger partial charge on any atom is 0.240 e. The van der Waals surface area contributed by atoms with Gasteiger partial charge in [0.1, 0.15) is 17.9 Å². The Balaban J connectivity index is 2.52. The van der Waals surface area contributed by atoms with E-state index in [4.69, 9.17) is 11.6 Å². The number of halogens is 1. The first kappa shape index (κ1) is 13.9. The molecule has 6 nitrogen and oxygen atoms in total. The van der Waals surface area contributed by atoms with Gasteiger partial charge < -0.3 is 9.88 Å². The minimum Gasteiger partial charge on any atom is -0.355 e. The summed E-state index contributed by atoms with van der Waals surface area (Å²) in [6.45, 7) is 7.37. The summed E-state index contributed by atoms with van der Waals surface area (Å²) < 4.78 is 3.70. The Morgan fingerprint density at radius 2 is 2.16 bits per heavy atom. The van der Waals surface area contributed by atoms with Gasteiger partial charge in [-0.25, -0.2) is 9.67 Å². The summed E-state index contributed by atoms with van der Waals surface area (Å²) in [6.07, 6.45) is 0. The topological polar surface area (TPSA) is 64.7 Å². The number of rotatable bonds is 5. The van der Waals surface area contributed by atoms with Crippen molar-refractivity contribution >= 4 is 28.7 Å². The minimum absolute atomic E-state index is 0.0466. The van der Waals surface area contributed by atoms with E-state index in [0.29, 0.717) is 12.4 Å². The lowest BCUT2D eigenvalue weighted by Crippen LogP contribution is -2.28. The maximum atomic E-state index is 11.8. The number of carbonyl (C=O) groups excluding carboxylic acids is 1. The third-order valence-corrected chi connectivity index (χ3v) is 3.21. The molecule has 2 aromatic heterocycles. The molecule has 1 amide bonds. The highest BCUT2D eigenvalue weighted by molar-refractivity contribution is 6.16. The van der Waals surface area contributed by atoms with Crippen LogP contribution in [0.15, 0.2) is 0 Å². The summed E-state index contributed by atoms with van der Waals surface area (Å²) in [5.41, 5.74) is 2.54. The molecule has 2 aromatic rings. The van der Waals surface area contributed by atoms with Crippen LogP contribution in [0.1, 0.15) is 25.4 Å². The number of hydrogen-bond donors (Lipinski definition) is 1. The van der Waals surface area contributed by atoms with Crippen molar-refractivity contribution in [2.24, 2.45) is 0 Å². The predicted molar refractivity (Wildman–Crippen MR) is 74.2 cm³/mol. The van der Waals surface area contributed by atoms with Crippen molar-refractivity contribution < 1.29 is 4.79 Å². The van der Waals surface area contributed by atoms with Crippen molar-refractivity contribution in [2.45, 2.75) is 39.7 Å². The van der Waals surface area contributed by atoms with Gasteiger partial charge in [0.15, 0.2) is 5.65 Å². The highest BCUT2D eigenvalue weighted by Crippen LogP contribution is 2.20. The molecule has 0 atom stereocenters. The molecule has 2 heterocycles. The molecule has 0 saturated carbocycles. The summed E-state index contributed by atoms with van der Waals surface area (Å²) in [4.78, 5) is 16.3. The number of aromatic nitrogens is 4. The molecule has 1 N–H and O–H groups in total. The third kappa shape index (κ3) is 2.45. The van der Waals surface area contributed by atoms with Crippen LogP contribution in [-0.4, -0.2) is 31.8 Å². The number of alkyl halides is 1. The Morgan fingerprint density at radius 3 is 2.74 bits per heavy atom. The molecule has 104 valence electrons. The van der Waals surface area contributed by atoms with Gasteiger partial charge in [0.2, 0.25) is 5.91 Å². The highest BCUT2D eigenvalue weighted by Gasteiger charge is 2.19. The first-order valence-corrected chi connectivity index (χ1v) is 6.90. The first-order chi connectivity index (χ1) is 9.12. The molecule has 0 aliphatic carbocycles. The van der Waals surface area contributed by atoms with Gasteiger partial charge in [0.25, 0.3) is 0 Å². The number of likely N-dealkylation sites (N-methyl/N-ethyl adjacent to an activating group) is 1. The average Bonchev–Trinajstić information content (AvgIpc) is 2.89. The van der Waals surface area contributed by atoms with Crippen LogP contribution >= 0.6 is 11.6 Å². The van der Waals surface area contributed by atoms with Gasteiger partial charge in [-0.15, -0.1) is 11.6 Å². The SMILES string of the molecule is CCNC(=O)Cn1c(CCl)nc2c(C)nn(CC)c21. The highest BCUT2D eigenvalue weighted by atomic mass is 35.5. The molecule has 2 rings (SSSR count). The van der Waals surface area contributed by atoms with Crippen molar-refractivity contribution in [1.82, 2.24) is 24.6 Å². The number of imidazole rings is 1. The molecular formula is C12H18ClN5O. The maximum absolute atomic E-state index is 11.8. The fraction of sp³-hybridized carbons (Fsp3) is 0.583. The Kier molecular flexibility index (Phi) is 4.09. The van der Waals surface area contributed by atoms with Crippen molar-refractivity contribution in [2.75, 3.05) is 6.54 Å². The summed E-state index contributed by atoms with van der Waals surface area (Å²) in [7, 11) is 0. The number of nitrogens with one attached hydrogen (secondary N) is 1. The van der Waals surface area contributed by atoms with E-state index in [-0.39, 0.29) is 18.3 Å². The van der Waals surface area contributed by atoms with Gasteiger partial charge >= 0.3 is 0 Å². The molecule has 7 heteroatoms. The molecule has 0 radical (unpaired) electrons. The van der Waals surface area contributed by atoms with Gasteiger partial charge in [0, 0.05) is 13.1 Å². The van der Waals surface area contributed by atoms with Gasteiger partial charge in [0.05, 0.1) is 11.6 Å². The van der Waals surface area contributed by atoms with Gasteiger partial charge in [-0.05, 0) is 20.8 Å². The van der Waals surface area contributed by atoms with Crippen LogP contribution in [0.5, 0.6) is 0 Å². The lowest BCUT2D eigenvalue weighted by atomic mass is 10.4. The predicted octanol–water partition coefficient (Wildman–Crippen LogP) is 1.44. The average molecular weight is 284 g/mol. The number of aryl methyl sites for hydroxylation is 2. The van der Waals surface area contributed by atoms with Crippen molar-refractivity contribution in [3.05, 3.63) is 11.5 Å². The lowest BCUT2D eigenvalue weighted by molar-refractivity contribution is -0.121. The van der Waals surface area contributed by atoms with Crippen LogP contribution in [0.3, 0.4) is 0 Å². The quantitative estimate of drug-likeness (QED) is 0.845. The summed E-state index contributed by atoms with van der Waals surface area (Å²) in [6, 6.07) is 0. The molecule has 0 fully saturated rings. The Morgan fingerprint density at radius 1 is 1.42 bits per heavy atom. The summed E-state index contributed by atoms with van der Waals surface area (Å²) in [5, 5.41) is 7.20.